The average Bonchev–Trinajstić information content (AvgIpc) is 3.08. The standard InChI is InChI=1S/C16H21N3O3/c1-18-12(8-9-17-18)6-7-15(20)19-13-5-3-2-4-11(13)10-14(19)16(21)22/h6-9,11,13-14H,2-5,10H2,1H3,(H,21,22)/b7-6+. The fraction of sp³-hybridized carbons (Fsp3) is 0.562. The van der Waals surface area contributed by atoms with Crippen molar-refractivity contribution in [1.29, 1.82) is 0 Å². The summed E-state index contributed by atoms with van der Waals surface area (Å²) in [6.07, 6.45) is 9.59. The zero-order chi connectivity index (χ0) is 15.7. The molecule has 1 aromatic rings. The Morgan fingerprint density at radius 2 is 2.14 bits per heavy atom. The van der Waals surface area contributed by atoms with Crippen molar-refractivity contribution in [2.45, 2.75) is 44.2 Å². The summed E-state index contributed by atoms with van der Waals surface area (Å²) in [5.41, 5.74) is 0.819. The Hall–Kier alpha value is -2.11. The van der Waals surface area contributed by atoms with Gasteiger partial charge in [0.25, 0.3) is 0 Å². The Labute approximate surface area is 129 Å². The predicted molar refractivity (Wildman–Crippen MR) is 80.9 cm³/mol. The van der Waals surface area contributed by atoms with Crippen LogP contribution in [0, 0.1) is 5.92 Å². The molecule has 3 unspecified atom stereocenters. The van der Waals surface area contributed by atoms with Gasteiger partial charge in [0.1, 0.15) is 6.04 Å². The van der Waals surface area contributed by atoms with Crippen LogP contribution in [0.2, 0.25) is 0 Å². The minimum atomic E-state index is -0.892. The average molecular weight is 303 g/mol. The number of hydrogen-bond acceptors (Lipinski definition) is 3. The van der Waals surface area contributed by atoms with Crippen LogP contribution in [0.5, 0.6) is 0 Å². The molecule has 1 aliphatic heterocycles. The lowest BCUT2D eigenvalue weighted by Crippen LogP contribution is -2.45. The molecule has 1 N–H and O–H groups in total. The summed E-state index contributed by atoms with van der Waals surface area (Å²) in [4.78, 5) is 25.7. The highest BCUT2D eigenvalue weighted by atomic mass is 16.4. The van der Waals surface area contributed by atoms with Gasteiger partial charge in [0, 0.05) is 25.4 Å². The lowest BCUT2D eigenvalue weighted by atomic mass is 9.85. The van der Waals surface area contributed by atoms with Gasteiger partial charge in [-0.25, -0.2) is 4.79 Å². The second-order valence-corrected chi connectivity index (χ2v) is 6.16. The summed E-state index contributed by atoms with van der Waals surface area (Å²) in [5, 5.41) is 13.5. The lowest BCUT2D eigenvalue weighted by Gasteiger charge is -2.32. The summed E-state index contributed by atoms with van der Waals surface area (Å²) < 4.78 is 1.67. The van der Waals surface area contributed by atoms with E-state index in [2.05, 4.69) is 5.10 Å². The molecule has 6 heteroatoms. The van der Waals surface area contributed by atoms with Gasteiger partial charge in [-0.15, -0.1) is 0 Å². The van der Waals surface area contributed by atoms with Gasteiger partial charge in [-0.3, -0.25) is 9.48 Å². The Balaban J connectivity index is 1.80. The van der Waals surface area contributed by atoms with Gasteiger partial charge in [0.2, 0.25) is 5.91 Å². The molecular weight excluding hydrogens is 282 g/mol. The maximum absolute atomic E-state index is 12.6. The van der Waals surface area contributed by atoms with Crippen molar-refractivity contribution in [1.82, 2.24) is 14.7 Å². The molecule has 2 aliphatic rings. The minimum absolute atomic E-state index is 0.0820. The van der Waals surface area contributed by atoms with Crippen molar-refractivity contribution >= 4 is 18.0 Å². The van der Waals surface area contributed by atoms with Crippen molar-refractivity contribution in [2.75, 3.05) is 0 Å². The van der Waals surface area contributed by atoms with Crippen LogP contribution in [0.15, 0.2) is 18.3 Å². The van der Waals surface area contributed by atoms with E-state index in [0.29, 0.717) is 12.3 Å². The molecule has 1 saturated heterocycles. The smallest absolute Gasteiger partial charge is 0.326 e. The highest BCUT2D eigenvalue weighted by Gasteiger charge is 2.46. The fourth-order valence-electron chi connectivity index (χ4n) is 3.79. The normalized spacial score (nSPS) is 28.0. The number of likely N-dealkylation sites (tertiary alicyclic amines) is 1. The minimum Gasteiger partial charge on any atom is -0.480 e. The van der Waals surface area contributed by atoms with E-state index in [-0.39, 0.29) is 11.9 Å². The molecule has 0 radical (unpaired) electrons. The van der Waals surface area contributed by atoms with Crippen LogP contribution in [0.3, 0.4) is 0 Å². The molecule has 1 aromatic heterocycles. The van der Waals surface area contributed by atoms with Crippen molar-refractivity contribution in [3.63, 3.8) is 0 Å². The van der Waals surface area contributed by atoms with E-state index >= 15 is 0 Å². The first-order chi connectivity index (χ1) is 10.6. The van der Waals surface area contributed by atoms with Gasteiger partial charge in [0.15, 0.2) is 0 Å². The molecule has 3 atom stereocenters. The van der Waals surface area contributed by atoms with E-state index in [9.17, 15) is 14.7 Å². The number of carboxylic acids is 1. The third kappa shape index (κ3) is 2.65. The number of nitrogens with zero attached hydrogens (tertiary/aromatic N) is 3. The monoisotopic (exact) mass is 303 g/mol. The second-order valence-electron chi connectivity index (χ2n) is 6.16. The van der Waals surface area contributed by atoms with E-state index in [1.165, 1.54) is 6.08 Å². The number of aliphatic carboxylic acids is 1. The van der Waals surface area contributed by atoms with Gasteiger partial charge in [0.05, 0.1) is 5.69 Å². The molecule has 1 amide bonds. The van der Waals surface area contributed by atoms with Crippen molar-refractivity contribution in [3.8, 4) is 0 Å². The third-order valence-electron chi connectivity index (χ3n) is 4.88. The number of carboxylic acid groups (broad SMARTS) is 1. The first kappa shape index (κ1) is 14.8. The first-order valence-corrected chi connectivity index (χ1v) is 7.79. The summed E-state index contributed by atoms with van der Waals surface area (Å²) in [5.74, 6) is -0.761. The number of hydrogen-bond donors (Lipinski definition) is 1. The second kappa shape index (κ2) is 5.94. The highest BCUT2D eigenvalue weighted by Crippen LogP contribution is 2.39. The summed E-state index contributed by atoms with van der Waals surface area (Å²) in [7, 11) is 1.80. The molecule has 1 saturated carbocycles. The van der Waals surface area contributed by atoms with Crippen LogP contribution >= 0.6 is 0 Å². The summed E-state index contributed by atoms with van der Waals surface area (Å²) in [6.45, 7) is 0. The number of rotatable bonds is 3. The molecule has 3 rings (SSSR count). The Kier molecular flexibility index (Phi) is 4.00. The van der Waals surface area contributed by atoms with E-state index in [4.69, 9.17) is 0 Å². The van der Waals surface area contributed by atoms with Crippen LogP contribution in [-0.4, -0.2) is 43.7 Å². The fourth-order valence-corrected chi connectivity index (χ4v) is 3.79. The van der Waals surface area contributed by atoms with E-state index in [1.54, 1.807) is 28.9 Å². The van der Waals surface area contributed by atoms with Crippen molar-refractivity contribution in [2.24, 2.45) is 13.0 Å². The predicted octanol–water partition coefficient (Wildman–Crippen LogP) is 1.68. The number of carbonyl (C=O) groups excluding carboxylic acids is 1. The number of carbonyl (C=O) groups is 2. The Morgan fingerprint density at radius 3 is 2.82 bits per heavy atom. The van der Waals surface area contributed by atoms with Gasteiger partial charge in [-0.2, -0.15) is 5.10 Å². The maximum atomic E-state index is 12.6. The van der Waals surface area contributed by atoms with Crippen molar-refractivity contribution < 1.29 is 14.7 Å². The van der Waals surface area contributed by atoms with Crippen LogP contribution in [-0.2, 0) is 16.6 Å². The van der Waals surface area contributed by atoms with Gasteiger partial charge < -0.3 is 10.0 Å². The number of aromatic nitrogens is 2. The van der Waals surface area contributed by atoms with Crippen LogP contribution in [0.25, 0.3) is 6.08 Å². The van der Waals surface area contributed by atoms with Gasteiger partial charge >= 0.3 is 5.97 Å². The largest absolute Gasteiger partial charge is 0.480 e. The first-order valence-electron chi connectivity index (χ1n) is 7.79. The van der Waals surface area contributed by atoms with Crippen LogP contribution in [0.1, 0.15) is 37.8 Å². The topological polar surface area (TPSA) is 75.4 Å². The Morgan fingerprint density at radius 1 is 1.36 bits per heavy atom. The molecule has 0 aromatic carbocycles. The van der Waals surface area contributed by atoms with E-state index in [1.807, 2.05) is 6.07 Å². The SMILES string of the molecule is Cn1nccc1/C=C/C(=O)N1C(C(=O)O)CC2CCCCC21. The summed E-state index contributed by atoms with van der Waals surface area (Å²) >= 11 is 0. The Bertz CT molecular complexity index is 608. The number of fused-ring (bicyclic) bond motifs is 1. The molecular formula is C16H21N3O3. The number of amides is 1. The number of aryl methyl sites for hydroxylation is 1. The maximum Gasteiger partial charge on any atom is 0.326 e. The highest BCUT2D eigenvalue weighted by molar-refractivity contribution is 5.95. The third-order valence-corrected chi connectivity index (χ3v) is 4.88. The molecule has 2 fully saturated rings. The van der Waals surface area contributed by atoms with E-state index in [0.717, 1.165) is 31.4 Å². The molecule has 118 valence electrons. The molecule has 1 aliphatic carbocycles. The summed E-state index contributed by atoms with van der Waals surface area (Å²) in [6, 6.07) is 1.21. The zero-order valence-corrected chi connectivity index (χ0v) is 12.7. The van der Waals surface area contributed by atoms with E-state index < -0.39 is 12.0 Å². The molecule has 22 heavy (non-hydrogen) atoms. The molecule has 0 bridgehead atoms. The van der Waals surface area contributed by atoms with Gasteiger partial charge in [-0.1, -0.05) is 12.8 Å². The van der Waals surface area contributed by atoms with Crippen LogP contribution < -0.4 is 0 Å². The van der Waals surface area contributed by atoms with Crippen molar-refractivity contribution in [3.05, 3.63) is 24.0 Å². The quantitative estimate of drug-likeness (QED) is 0.862. The zero-order valence-electron chi connectivity index (χ0n) is 12.7. The lowest BCUT2D eigenvalue weighted by molar-refractivity contribution is -0.147. The van der Waals surface area contributed by atoms with Gasteiger partial charge in [-0.05, 0) is 37.3 Å². The molecule has 2 heterocycles. The van der Waals surface area contributed by atoms with Crippen LogP contribution in [0.4, 0.5) is 0 Å². The molecule has 6 nitrogen and oxygen atoms in total. The molecule has 0 spiro atoms.